The van der Waals surface area contributed by atoms with Crippen molar-refractivity contribution < 1.29 is 9.53 Å². The van der Waals surface area contributed by atoms with E-state index in [1.165, 1.54) is 10.6 Å². The molecule has 0 saturated carbocycles. The Morgan fingerprint density at radius 2 is 1.66 bits per heavy atom. The molecule has 166 valence electrons. The van der Waals surface area contributed by atoms with Gasteiger partial charge in [0.1, 0.15) is 0 Å². The fourth-order valence-corrected chi connectivity index (χ4v) is 3.65. The van der Waals surface area contributed by atoms with Crippen LogP contribution in [0.5, 0.6) is 0 Å². The van der Waals surface area contributed by atoms with Crippen LogP contribution in [-0.2, 0) is 16.1 Å². The van der Waals surface area contributed by atoms with E-state index in [4.69, 9.17) is 4.74 Å². The fraction of sp³-hybridized carbons (Fsp3) is 0.783. The molecule has 1 atom stereocenters. The van der Waals surface area contributed by atoms with E-state index in [1.807, 2.05) is 20.8 Å². The van der Waals surface area contributed by atoms with Crippen molar-refractivity contribution in [1.29, 1.82) is 0 Å². The molecule has 1 aromatic rings. The maximum absolute atomic E-state index is 12.6. The molecule has 0 fully saturated rings. The summed E-state index contributed by atoms with van der Waals surface area (Å²) in [5.74, 6) is 0.594. The number of rotatable bonds is 12. The predicted octanol–water partition coefficient (Wildman–Crippen LogP) is 4.40. The van der Waals surface area contributed by atoms with Gasteiger partial charge in [-0.1, -0.05) is 34.1 Å². The Kier molecular flexibility index (Phi) is 9.87. The van der Waals surface area contributed by atoms with Crippen molar-refractivity contribution in [2.75, 3.05) is 6.61 Å². The molecular weight excluding hydrogens is 368 g/mol. The number of hydrogen-bond donors (Lipinski definition) is 0. The van der Waals surface area contributed by atoms with E-state index in [2.05, 4.69) is 27.7 Å². The van der Waals surface area contributed by atoms with Crippen molar-refractivity contribution in [3.05, 3.63) is 33.1 Å². The number of aromatic nitrogens is 2. The second-order valence-electron chi connectivity index (χ2n) is 9.31. The Morgan fingerprint density at radius 1 is 1.03 bits per heavy atom. The second kappa shape index (κ2) is 11.4. The quantitative estimate of drug-likeness (QED) is 0.380. The van der Waals surface area contributed by atoms with Gasteiger partial charge in [0, 0.05) is 24.8 Å². The molecule has 0 radical (unpaired) electrons. The summed E-state index contributed by atoms with van der Waals surface area (Å²) in [7, 11) is 0. The number of esters is 1. The maximum atomic E-state index is 12.6. The van der Waals surface area contributed by atoms with Crippen LogP contribution in [0.1, 0.15) is 86.6 Å². The van der Waals surface area contributed by atoms with Crippen LogP contribution in [0, 0.1) is 17.3 Å². The van der Waals surface area contributed by atoms with E-state index in [1.54, 1.807) is 10.8 Å². The monoisotopic (exact) mass is 408 g/mol. The molecule has 0 aliphatic carbocycles. The van der Waals surface area contributed by atoms with E-state index in [0.29, 0.717) is 19.1 Å². The lowest BCUT2D eigenvalue weighted by molar-refractivity contribution is -0.159. The predicted molar refractivity (Wildman–Crippen MR) is 117 cm³/mol. The molecule has 1 heterocycles. The highest BCUT2D eigenvalue weighted by Crippen LogP contribution is 2.35. The summed E-state index contributed by atoms with van der Waals surface area (Å²) in [4.78, 5) is 36.8. The van der Waals surface area contributed by atoms with E-state index in [9.17, 15) is 14.4 Å². The first-order valence-corrected chi connectivity index (χ1v) is 11.0. The fourth-order valence-electron chi connectivity index (χ4n) is 3.65. The van der Waals surface area contributed by atoms with Crippen LogP contribution in [0.3, 0.4) is 0 Å². The molecule has 29 heavy (non-hydrogen) atoms. The molecule has 0 spiro atoms. The minimum Gasteiger partial charge on any atom is -0.465 e. The number of nitrogens with zero attached hydrogens (tertiary/aromatic N) is 2. The van der Waals surface area contributed by atoms with Gasteiger partial charge in [0.05, 0.1) is 12.0 Å². The average Bonchev–Trinajstić information content (AvgIpc) is 2.61. The number of unbranched alkanes of at least 4 members (excludes halogenated alkanes) is 3. The van der Waals surface area contributed by atoms with E-state index >= 15 is 0 Å². The highest BCUT2D eigenvalue weighted by atomic mass is 16.5. The Labute approximate surface area is 175 Å². The molecule has 1 rings (SSSR count). The maximum Gasteiger partial charge on any atom is 0.331 e. The Hall–Kier alpha value is -1.85. The lowest BCUT2D eigenvalue weighted by atomic mass is 9.73. The van der Waals surface area contributed by atoms with Crippen LogP contribution in [0.15, 0.2) is 21.9 Å². The first kappa shape index (κ1) is 25.2. The van der Waals surface area contributed by atoms with E-state index < -0.39 is 5.41 Å². The van der Waals surface area contributed by atoms with Gasteiger partial charge in [-0.15, -0.1) is 0 Å². The van der Waals surface area contributed by atoms with Gasteiger partial charge in [0.2, 0.25) is 0 Å². The van der Waals surface area contributed by atoms with Gasteiger partial charge in [-0.05, 0) is 58.3 Å². The van der Waals surface area contributed by atoms with Crippen LogP contribution in [0.4, 0.5) is 0 Å². The molecule has 0 N–H and O–H groups in total. The molecule has 0 aliphatic heterocycles. The molecule has 0 amide bonds. The standard InChI is InChI=1S/C23H40N2O4/c1-17(2)16-23(7,18(3)4)21(27)29-15-11-9-8-10-13-24-14-12-20(26)25(19(5)6)22(24)28/h12,14,17-19H,8-11,13,15-16H2,1-7H3. The zero-order chi connectivity index (χ0) is 22.2. The summed E-state index contributed by atoms with van der Waals surface area (Å²) in [5.41, 5.74) is -0.942. The molecule has 6 nitrogen and oxygen atoms in total. The molecular formula is C23H40N2O4. The molecule has 0 aliphatic rings. The van der Waals surface area contributed by atoms with Gasteiger partial charge in [-0.25, -0.2) is 4.79 Å². The van der Waals surface area contributed by atoms with Gasteiger partial charge in [-0.2, -0.15) is 0 Å². The lowest BCUT2D eigenvalue weighted by Crippen LogP contribution is -2.40. The Morgan fingerprint density at radius 3 is 2.21 bits per heavy atom. The van der Waals surface area contributed by atoms with Crippen molar-refractivity contribution >= 4 is 5.97 Å². The molecule has 6 heteroatoms. The summed E-state index contributed by atoms with van der Waals surface area (Å²) in [6.45, 7) is 15.1. The number of carbonyl (C=O) groups excluding carboxylic acids is 1. The van der Waals surface area contributed by atoms with Crippen LogP contribution >= 0.6 is 0 Å². The molecule has 0 aromatic carbocycles. The summed E-state index contributed by atoms with van der Waals surface area (Å²) in [6.07, 6.45) is 5.96. The summed E-state index contributed by atoms with van der Waals surface area (Å²) >= 11 is 0. The van der Waals surface area contributed by atoms with Crippen LogP contribution in [0.25, 0.3) is 0 Å². The van der Waals surface area contributed by atoms with Gasteiger partial charge >= 0.3 is 11.7 Å². The Balaban J connectivity index is 2.40. The third-order valence-electron chi connectivity index (χ3n) is 5.70. The van der Waals surface area contributed by atoms with Crippen LogP contribution < -0.4 is 11.2 Å². The Bertz CT molecular complexity index is 761. The number of carbonyl (C=O) groups is 1. The van der Waals surface area contributed by atoms with Gasteiger partial charge < -0.3 is 9.30 Å². The lowest BCUT2D eigenvalue weighted by Gasteiger charge is -2.32. The highest BCUT2D eigenvalue weighted by molar-refractivity contribution is 5.76. The largest absolute Gasteiger partial charge is 0.465 e. The average molecular weight is 409 g/mol. The normalized spacial score (nSPS) is 13.9. The van der Waals surface area contributed by atoms with E-state index in [-0.39, 0.29) is 29.2 Å². The van der Waals surface area contributed by atoms with Gasteiger partial charge in [0.15, 0.2) is 0 Å². The minimum absolute atomic E-state index is 0.0938. The van der Waals surface area contributed by atoms with Crippen molar-refractivity contribution in [2.24, 2.45) is 17.3 Å². The summed E-state index contributed by atoms with van der Waals surface area (Å²) < 4.78 is 8.46. The van der Waals surface area contributed by atoms with Gasteiger partial charge in [0.25, 0.3) is 5.56 Å². The van der Waals surface area contributed by atoms with Crippen molar-refractivity contribution in [2.45, 2.75) is 93.2 Å². The molecule has 1 unspecified atom stereocenters. The smallest absolute Gasteiger partial charge is 0.331 e. The van der Waals surface area contributed by atoms with Crippen LogP contribution in [0.2, 0.25) is 0 Å². The summed E-state index contributed by atoms with van der Waals surface area (Å²) in [6, 6.07) is 1.30. The second-order valence-corrected chi connectivity index (χ2v) is 9.31. The van der Waals surface area contributed by atoms with E-state index in [0.717, 1.165) is 32.1 Å². The zero-order valence-corrected chi connectivity index (χ0v) is 19.4. The minimum atomic E-state index is -0.436. The first-order valence-electron chi connectivity index (χ1n) is 11.0. The third kappa shape index (κ3) is 7.16. The summed E-state index contributed by atoms with van der Waals surface area (Å²) in [5, 5.41) is 0. The van der Waals surface area contributed by atoms with Crippen molar-refractivity contribution in [3.8, 4) is 0 Å². The topological polar surface area (TPSA) is 70.3 Å². The first-order chi connectivity index (χ1) is 13.5. The molecule has 0 bridgehead atoms. The third-order valence-corrected chi connectivity index (χ3v) is 5.70. The molecule has 1 aromatic heterocycles. The van der Waals surface area contributed by atoms with Crippen LogP contribution in [-0.4, -0.2) is 21.7 Å². The molecule has 0 saturated heterocycles. The zero-order valence-electron chi connectivity index (χ0n) is 19.4. The number of ether oxygens (including phenoxy) is 1. The SMILES string of the molecule is CC(C)CC(C)(C(=O)OCCCCCCn1ccc(=O)n(C(C)C)c1=O)C(C)C. The van der Waals surface area contributed by atoms with Crippen molar-refractivity contribution in [3.63, 3.8) is 0 Å². The number of aryl methyl sites for hydroxylation is 1. The highest BCUT2D eigenvalue weighted by Gasteiger charge is 2.38. The van der Waals surface area contributed by atoms with Crippen molar-refractivity contribution in [1.82, 2.24) is 9.13 Å². The number of hydrogen-bond acceptors (Lipinski definition) is 4. The van der Waals surface area contributed by atoms with Gasteiger partial charge in [-0.3, -0.25) is 14.2 Å².